The molecule has 1 heterocycles. The molecule has 0 aliphatic heterocycles. The van der Waals surface area contributed by atoms with Crippen LogP contribution in [0.5, 0.6) is 0 Å². The van der Waals surface area contributed by atoms with Gasteiger partial charge >= 0.3 is 0 Å². The van der Waals surface area contributed by atoms with Crippen molar-refractivity contribution < 1.29 is 0 Å². The second-order valence-electron chi connectivity index (χ2n) is 5.81. The fourth-order valence-corrected chi connectivity index (χ4v) is 2.94. The molecular formula is C15H26N2S. The molecule has 102 valence electrons. The Bertz CT molecular complexity index is 376. The van der Waals surface area contributed by atoms with Crippen LogP contribution in [0.2, 0.25) is 0 Å². The smallest absolute Gasteiger partial charge is 0.0939 e. The average Bonchev–Trinajstić information content (AvgIpc) is 2.57. The number of hydrogen-bond acceptors (Lipinski definition) is 3. The maximum Gasteiger partial charge on any atom is 0.0939 e. The monoisotopic (exact) mass is 266 g/mol. The molecule has 0 spiro atoms. The van der Waals surface area contributed by atoms with Gasteiger partial charge in [0.2, 0.25) is 0 Å². The lowest BCUT2D eigenvalue weighted by atomic mass is 9.87. The van der Waals surface area contributed by atoms with E-state index in [0.717, 1.165) is 25.2 Å². The first-order chi connectivity index (χ1) is 8.36. The van der Waals surface area contributed by atoms with E-state index in [2.05, 4.69) is 57.6 Å². The molecule has 0 fully saturated rings. The normalized spacial score (nSPS) is 14.8. The number of nitrogens with one attached hydrogen (secondary N) is 1. The topological polar surface area (TPSA) is 24.9 Å². The van der Waals surface area contributed by atoms with Crippen molar-refractivity contribution in [1.82, 2.24) is 10.3 Å². The largest absolute Gasteiger partial charge is 0.316 e. The van der Waals surface area contributed by atoms with Crippen LogP contribution in [0.4, 0.5) is 0 Å². The first-order valence-electron chi connectivity index (χ1n) is 6.63. The lowest BCUT2D eigenvalue weighted by Crippen LogP contribution is -2.34. The molecule has 0 radical (unpaired) electrons. The summed E-state index contributed by atoms with van der Waals surface area (Å²) in [5.74, 6) is 0.684. The van der Waals surface area contributed by atoms with Crippen molar-refractivity contribution >= 4 is 11.3 Å². The Kier molecular flexibility index (Phi) is 5.54. The maximum atomic E-state index is 4.63. The summed E-state index contributed by atoms with van der Waals surface area (Å²) in [5.41, 5.74) is 1.25. The Morgan fingerprint density at radius 2 is 2.11 bits per heavy atom. The summed E-state index contributed by atoms with van der Waals surface area (Å²) in [4.78, 5) is 5.95. The van der Waals surface area contributed by atoms with Crippen molar-refractivity contribution in [3.05, 3.63) is 28.2 Å². The summed E-state index contributed by atoms with van der Waals surface area (Å²) in [7, 11) is 0. The van der Waals surface area contributed by atoms with Gasteiger partial charge in [-0.1, -0.05) is 26.8 Å². The van der Waals surface area contributed by atoms with E-state index in [1.807, 2.05) is 11.3 Å². The summed E-state index contributed by atoms with van der Waals surface area (Å²) >= 11 is 1.81. The SMILES string of the molecule is C=CC(C)(CNCC(C)C)Cc1nc(C)c(C)s1. The maximum absolute atomic E-state index is 4.63. The second-order valence-corrected chi connectivity index (χ2v) is 7.10. The standard InChI is InChI=1S/C15H26N2S/c1-7-15(6,10-16-9-11(2)3)8-14-17-12(4)13(5)18-14/h7,11,16H,1,8-10H2,2-6H3. The lowest BCUT2D eigenvalue weighted by Gasteiger charge is -2.25. The van der Waals surface area contributed by atoms with E-state index in [9.17, 15) is 0 Å². The zero-order chi connectivity index (χ0) is 13.8. The molecule has 18 heavy (non-hydrogen) atoms. The third kappa shape index (κ3) is 4.54. The van der Waals surface area contributed by atoms with Crippen LogP contribution in [0.15, 0.2) is 12.7 Å². The molecule has 2 nitrogen and oxygen atoms in total. The Morgan fingerprint density at radius 1 is 1.44 bits per heavy atom. The summed E-state index contributed by atoms with van der Waals surface area (Å²) in [5, 5.41) is 4.74. The average molecular weight is 266 g/mol. The van der Waals surface area contributed by atoms with Crippen LogP contribution in [0.25, 0.3) is 0 Å². The molecule has 1 rings (SSSR count). The van der Waals surface area contributed by atoms with Gasteiger partial charge in [-0.3, -0.25) is 0 Å². The second kappa shape index (κ2) is 6.48. The van der Waals surface area contributed by atoms with Gasteiger partial charge in [-0.15, -0.1) is 17.9 Å². The molecular weight excluding hydrogens is 240 g/mol. The molecule has 1 unspecified atom stereocenters. The number of thiazole rings is 1. The third-order valence-corrected chi connectivity index (χ3v) is 4.27. The highest BCUT2D eigenvalue weighted by Gasteiger charge is 2.22. The van der Waals surface area contributed by atoms with E-state index in [0.29, 0.717) is 5.92 Å². The minimum atomic E-state index is 0.0889. The lowest BCUT2D eigenvalue weighted by molar-refractivity contribution is 0.377. The molecule has 1 aromatic heterocycles. The predicted octanol–water partition coefficient (Wildman–Crippen LogP) is 3.74. The minimum absolute atomic E-state index is 0.0889. The number of aryl methyl sites for hydroxylation is 2. The van der Waals surface area contributed by atoms with E-state index >= 15 is 0 Å². The number of nitrogens with zero attached hydrogens (tertiary/aromatic N) is 1. The number of rotatable bonds is 7. The zero-order valence-corrected chi connectivity index (χ0v) is 13.2. The molecule has 1 N–H and O–H groups in total. The molecule has 0 saturated carbocycles. The molecule has 1 atom stereocenters. The van der Waals surface area contributed by atoms with Gasteiger partial charge in [-0.05, 0) is 26.3 Å². The Morgan fingerprint density at radius 3 is 2.56 bits per heavy atom. The van der Waals surface area contributed by atoms with Crippen molar-refractivity contribution in [3.63, 3.8) is 0 Å². The van der Waals surface area contributed by atoms with Crippen molar-refractivity contribution in [1.29, 1.82) is 0 Å². The molecule has 0 aliphatic rings. The van der Waals surface area contributed by atoms with Gasteiger partial charge in [0, 0.05) is 23.3 Å². The molecule has 0 saturated heterocycles. The van der Waals surface area contributed by atoms with Crippen LogP contribution in [0.3, 0.4) is 0 Å². The van der Waals surface area contributed by atoms with Crippen molar-refractivity contribution in [3.8, 4) is 0 Å². The van der Waals surface area contributed by atoms with Crippen LogP contribution >= 0.6 is 11.3 Å². The molecule has 1 aromatic rings. The molecule has 3 heteroatoms. The molecule has 0 aliphatic carbocycles. The Balaban J connectivity index is 2.61. The quantitative estimate of drug-likeness (QED) is 0.760. The van der Waals surface area contributed by atoms with Crippen molar-refractivity contribution in [2.45, 2.75) is 41.0 Å². The van der Waals surface area contributed by atoms with Gasteiger partial charge in [0.15, 0.2) is 0 Å². The van der Waals surface area contributed by atoms with Crippen LogP contribution in [0.1, 0.15) is 36.3 Å². The summed E-state index contributed by atoms with van der Waals surface area (Å²) in [6.45, 7) is 16.9. The minimum Gasteiger partial charge on any atom is -0.316 e. The zero-order valence-electron chi connectivity index (χ0n) is 12.3. The fourth-order valence-electron chi connectivity index (χ4n) is 1.81. The first kappa shape index (κ1) is 15.4. The van der Waals surface area contributed by atoms with E-state index in [1.54, 1.807) is 0 Å². The van der Waals surface area contributed by atoms with Crippen molar-refractivity contribution in [2.75, 3.05) is 13.1 Å². The van der Waals surface area contributed by atoms with E-state index in [-0.39, 0.29) is 5.41 Å². The van der Waals surface area contributed by atoms with Gasteiger partial charge in [0.1, 0.15) is 0 Å². The van der Waals surface area contributed by atoms with Crippen LogP contribution < -0.4 is 5.32 Å². The highest BCUT2D eigenvalue weighted by molar-refractivity contribution is 7.11. The fraction of sp³-hybridized carbons (Fsp3) is 0.667. The predicted molar refractivity (Wildman–Crippen MR) is 81.3 cm³/mol. The van der Waals surface area contributed by atoms with E-state index in [4.69, 9.17) is 0 Å². The summed E-state index contributed by atoms with van der Waals surface area (Å²) < 4.78 is 0. The number of hydrogen-bond donors (Lipinski definition) is 1. The number of aromatic nitrogens is 1. The van der Waals surface area contributed by atoms with Crippen LogP contribution in [-0.4, -0.2) is 18.1 Å². The van der Waals surface area contributed by atoms with Gasteiger partial charge in [0.05, 0.1) is 10.7 Å². The molecule has 0 aromatic carbocycles. The summed E-state index contributed by atoms with van der Waals surface area (Å²) in [6, 6.07) is 0. The Hall–Kier alpha value is -0.670. The van der Waals surface area contributed by atoms with Gasteiger partial charge in [0.25, 0.3) is 0 Å². The van der Waals surface area contributed by atoms with Gasteiger partial charge < -0.3 is 5.32 Å². The third-order valence-electron chi connectivity index (χ3n) is 3.20. The molecule has 0 bridgehead atoms. The first-order valence-corrected chi connectivity index (χ1v) is 7.45. The van der Waals surface area contributed by atoms with Gasteiger partial charge in [-0.25, -0.2) is 4.98 Å². The van der Waals surface area contributed by atoms with Gasteiger partial charge in [-0.2, -0.15) is 0 Å². The van der Waals surface area contributed by atoms with E-state index < -0.39 is 0 Å². The van der Waals surface area contributed by atoms with Crippen LogP contribution in [0, 0.1) is 25.2 Å². The highest BCUT2D eigenvalue weighted by Crippen LogP contribution is 2.27. The van der Waals surface area contributed by atoms with E-state index in [1.165, 1.54) is 9.88 Å². The summed E-state index contributed by atoms with van der Waals surface area (Å²) in [6.07, 6.45) is 3.04. The molecule has 0 amide bonds. The van der Waals surface area contributed by atoms with Crippen molar-refractivity contribution in [2.24, 2.45) is 11.3 Å². The highest BCUT2D eigenvalue weighted by atomic mass is 32.1. The van der Waals surface area contributed by atoms with Crippen LogP contribution in [-0.2, 0) is 6.42 Å². The Labute approximate surface area is 116 Å².